The monoisotopic (exact) mass is 838 g/mol. The van der Waals surface area contributed by atoms with Crippen LogP contribution in [0.5, 0.6) is 0 Å². The van der Waals surface area contributed by atoms with Gasteiger partial charge in [-0.2, -0.15) is 0 Å². The van der Waals surface area contributed by atoms with Crippen LogP contribution in [0.3, 0.4) is 0 Å². The number of rotatable bonds is 7. The summed E-state index contributed by atoms with van der Waals surface area (Å²) in [5.74, 6) is -0.457. The Morgan fingerprint density at radius 3 is 1.25 bits per heavy atom. The number of aliphatic hydroxyl groups excluding tert-OH is 1. The van der Waals surface area contributed by atoms with Crippen molar-refractivity contribution in [2.75, 3.05) is 60.1 Å². The van der Waals surface area contributed by atoms with Crippen molar-refractivity contribution in [1.29, 1.82) is 0 Å². The van der Waals surface area contributed by atoms with Crippen LogP contribution in [0.1, 0.15) is 141 Å². The summed E-state index contributed by atoms with van der Waals surface area (Å²) in [6, 6.07) is 0. The third-order valence-corrected chi connectivity index (χ3v) is 10.3. The lowest BCUT2D eigenvalue weighted by Gasteiger charge is -2.40. The van der Waals surface area contributed by atoms with Crippen molar-refractivity contribution < 1.29 is 52.8 Å². The van der Waals surface area contributed by atoms with Gasteiger partial charge in [-0.25, -0.2) is 14.4 Å². The lowest BCUT2D eigenvalue weighted by molar-refractivity contribution is -0.155. The fourth-order valence-electron chi connectivity index (χ4n) is 6.68. The largest absolute Gasteiger partial charge is 0.469 e. The van der Waals surface area contributed by atoms with E-state index < -0.39 is 22.2 Å². The van der Waals surface area contributed by atoms with Crippen LogP contribution >= 0.6 is 0 Å². The number of hydrogen-bond donors (Lipinski definition) is 1. The van der Waals surface area contributed by atoms with Gasteiger partial charge >= 0.3 is 30.2 Å². The molecule has 3 saturated heterocycles. The van der Waals surface area contributed by atoms with Crippen LogP contribution in [0.15, 0.2) is 23.3 Å². The number of esters is 2. The number of allylic oxidation sites excluding steroid dienone is 4. The first-order valence-corrected chi connectivity index (χ1v) is 21.1. The highest BCUT2D eigenvalue weighted by Crippen LogP contribution is 2.38. The summed E-state index contributed by atoms with van der Waals surface area (Å²) in [4.78, 5) is 64.5. The molecule has 3 fully saturated rings. The number of carbonyl (C=O) groups excluding carboxylic acids is 5. The Kier molecular flexibility index (Phi) is 21.0. The summed E-state index contributed by atoms with van der Waals surface area (Å²) in [6.07, 6.45) is 9.07. The first kappa shape index (κ1) is 53.2. The molecule has 340 valence electrons. The summed E-state index contributed by atoms with van der Waals surface area (Å²) in [5, 5.41) is 9.70. The number of aliphatic hydroxyl groups is 1. The van der Waals surface area contributed by atoms with Gasteiger partial charge in [-0.3, -0.25) is 9.59 Å². The van der Waals surface area contributed by atoms with Gasteiger partial charge in [0.25, 0.3) is 0 Å². The summed E-state index contributed by atoms with van der Waals surface area (Å²) in [7, 11) is 2.81. The zero-order valence-corrected chi connectivity index (χ0v) is 39.2. The van der Waals surface area contributed by atoms with E-state index in [1.807, 2.05) is 76.2 Å². The van der Waals surface area contributed by atoms with E-state index in [-0.39, 0.29) is 48.2 Å². The summed E-state index contributed by atoms with van der Waals surface area (Å²) in [6.45, 7) is 28.5. The Balaban J connectivity index is 0.000000446. The molecule has 0 aromatic heterocycles. The van der Waals surface area contributed by atoms with E-state index in [1.165, 1.54) is 25.4 Å². The van der Waals surface area contributed by atoms with Gasteiger partial charge in [0, 0.05) is 51.3 Å². The van der Waals surface area contributed by atoms with Crippen LogP contribution < -0.4 is 0 Å². The molecular formula is C45H79N3O11. The van der Waals surface area contributed by atoms with Gasteiger partial charge in [0.2, 0.25) is 0 Å². The van der Waals surface area contributed by atoms with Gasteiger partial charge in [0.15, 0.2) is 0 Å². The maximum absolute atomic E-state index is 12.2. The quantitative estimate of drug-likeness (QED) is 0.148. The van der Waals surface area contributed by atoms with E-state index in [2.05, 4.69) is 26.0 Å². The van der Waals surface area contributed by atoms with Crippen molar-refractivity contribution in [3.05, 3.63) is 23.3 Å². The van der Waals surface area contributed by atoms with Crippen molar-refractivity contribution in [3.8, 4) is 0 Å². The fraction of sp³-hybridized carbons (Fsp3) is 0.800. The molecule has 0 aliphatic carbocycles. The number of ether oxygens (including phenoxy) is 5. The topological polar surface area (TPSA) is 161 Å². The van der Waals surface area contributed by atoms with Crippen LogP contribution in [0.2, 0.25) is 0 Å². The second-order valence-corrected chi connectivity index (χ2v) is 19.6. The maximum Gasteiger partial charge on any atom is 0.410 e. The third kappa shape index (κ3) is 19.9. The molecular weight excluding hydrogens is 759 g/mol. The van der Waals surface area contributed by atoms with Gasteiger partial charge in [-0.1, -0.05) is 23.3 Å². The molecule has 0 aromatic rings. The predicted molar refractivity (Wildman–Crippen MR) is 229 cm³/mol. The van der Waals surface area contributed by atoms with Crippen molar-refractivity contribution in [2.45, 2.75) is 158 Å². The zero-order valence-electron chi connectivity index (χ0n) is 39.2. The van der Waals surface area contributed by atoms with Gasteiger partial charge < -0.3 is 43.5 Å². The van der Waals surface area contributed by atoms with E-state index in [0.29, 0.717) is 71.4 Å². The highest BCUT2D eigenvalue weighted by molar-refractivity contribution is 5.78. The second kappa shape index (κ2) is 23.3. The number of piperidine rings is 3. The molecule has 14 nitrogen and oxygen atoms in total. The van der Waals surface area contributed by atoms with Gasteiger partial charge in [0.1, 0.15) is 16.8 Å². The van der Waals surface area contributed by atoms with E-state index in [9.17, 15) is 29.1 Å². The van der Waals surface area contributed by atoms with Crippen LogP contribution in [0.25, 0.3) is 0 Å². The Bertz CT molecular complexity index is 1420. The summed E-state index contributed by atoms with van der Waals surface area (Å²) in [5.41, 5.74) is 0.419. The first-order valence-electron chi connectivity index (χ1n) is 21.1. The predicted octanol–water partition coefficient (Wildman–Crippen LogP) is 8.69. The molecule has 3 aliphatic heterocycles. The third-order valence-electron chi connectivity index (χ3n) is 10.3. The van der Waals surface area contributed by atoms with Crippen molar-refractivity contribution >= 4 is 30.2 Å². The molecule has 14 heteroatoms. The Morgan fingerprint density at radius 1 is 0.576 bits per heavy atom. The fourth-order valence-corrected chi connectivity index (χ4v) is 6.68. The van der Waals surface area contributed by atoms with E-state index in [0.717, 1.165) is 19.3 Å². The molecule has 3 aliphatic rings. The number of methoxy groups -OCH3 is 2. The van der Waals surface area contributed by atoms with E-state index in [1.54, 1.807) is 14.7 Å². The number of nitrogens with zero attached hydrogens (tertiary/aromatic N) is 3. The Morgan fingerprint density at radius 2 is 0.932 bits per heavy atom. The minimum atomic E-state index is -0.523. The molecule has 3 rings (SSSR count). The molecule has 3 heterocycles. The zero-order chi connectivity index (χ0) is 45.4. The van der Waals surface area contributed by atoms with Crippen LogP contribution in [-0.4, -0.2) is 127 Å². The molecule has 3 amide bonds. The molecule has 0 bridgehead atoms. The van der Waals surface area contributed by atoms with Gasteiger partial charge in [0.05, 0.1) is 25.6 Å². The van der Waals surface area contributed by atoms with Crippen molar-refractivity contribution in [2.24, 2.45) is 16.7 Å². The SMILES string of the molecule is CC(C)=CCC1(CO)CCN(C(=O)OC(C)(C)C)CC1.COC(=O)C1(CC=C(C)C)CCN(C(=O)OC(C)(C)C)CC1.COC(=O)C1CCN(C(=O)OC(C)(C)C)CC1. The first-order chi connectivity index (χ1) is 27.1. The Labute approximate surface area is 355 Å². The Hall–Kier alpha value is -3.81. The summed E-state index contributed by atoms with van der Waals surface area (Å²) >= 11 is 0. The molecule has 0 aromatic carbocycles. The minimum absolute atomic E-state index is 0.0736. The van der Waals surface area contributed by atoms with Crippen LogP contribution in [0.4, 0.5) is 14.4 Å². The second-order valence-electron chi connectivity index (χ2n) is 19.6. The smallest absolute Gasteiger partial charge is 0.410 e. The normalized spacial score (nSPS) is 18.0. The van der Waals surface area contributed by atoms with Crippen LogP contribution in [0, 0.1) is 16.7 Å². The molecule has 0 unspecified atom stereocenters. The maximum atomic E-state index is 12.2. The number of hydrogen-bond acceptors (Lipinski definition) is 11. The van der Waals surface area contributed by atoms with Gasteiger partial charge in [-0.15, -0.1) is 0 Å². The lowest BCUT2D eigenvalue weighted by atomic mass is 9.75. The summed E-state index contributed by atoms with van der Waals surface area (Å²) < 4.78 is 25.7. The molecule has 0 atom stereocenters. The molecule has 59 heavy (non-hydrogen) atoms. The molecule has 0 saturated carbocycles. The average Bonchev–Trinajstić information content (AvgIpc) is 3.14. The number of amides is 3. The number of likely N-dealkylation sites (tertiary alicyclic amines) is 3. The van der Waals surface area contributed by atoms with Crippen LogP contribution in [-0.2, 0) is 33.3 Å². The molecule has 0 radical (unpaired) electrons. The van der Waals surface area contributed by atoms with E-state index in [4.69, 9.17) is 23.7 Å². The molecule has 1 N–H and O–H groups in total. The van der Waals surface area contributed by atoms with Crippen molar-refractivity contribution in [3.63, 3.8) is 0 Å². The van der Waals surface area contributed by atoms with E-state index >= 15 is 0 Å². The highest BCUT2D eigenvalue weighted by atomic mass is 16.6. The highest BCUT2D eigenvalue weighted by Gasteiger charge is 2.43. The number of carbonyl (C=O) groups is 5. The standard InChI is InChI=1S/C17H29NO4.C16H29NO3.C12H21NO4/c1-13(2)7-8-17(14(19)21-6)9-11-18(12-10-17)15(20)22-16(3,4)5;1-13(2)6-7-16(12-18)8-10-17(11-9-16)14(19)20-15(3,4)5;1-12(2,3)17-11(15)13-7-5-9(6-8-13)10(14)16-4/h7H,8-12H2,1-6H3;6,18H,7-12H2,1-5H3;9H,5-8H2,1-4H3. The van der Waals surface area contributed by atoms with Crippen molar-refractivity contribution in [1.82, 2.24) is 14.7 Å². The average molecular weight is 838 g/mol. The minimum Gasteiger partial charge on any atom is -0.469 e. The molecule has 0 spiro atoms. The van der Waals surface area contributed by atoms with Gasteiger partial charge in [-0.05, 0) is 141 Å². The lowest BCUT2D eigenvalue weighted by Crippen LogP contribution is -2.48.